The third kappa shape index (κ3) is 2.95. The summed E-state index contributed by atoms with van der Waals surface area (Å²) in [6.07, 6.45) is 4.65. The first-order chi connectivity index (χ1) is 7.18. The standard InChI is InChI=1S/C12H16BrNO/c13-10-3-5-11(6-4-10)15-9-12(14)7-1-2-8-12/h3-6H,1-2,7-9,14H2. The van der Waals surface area contributed by atoms with Gasteiger partial charge in [0.1, 0.15) is 12.4 Å². The van der Waals surface area contributed by atoms with E-state index in [1.807, 2.05) is 24.3 Å². The van der Waals surface area contributed by atoms with Gasteiger partial charge in [-0.1, -0.05) is 28.8 Å². The van der Waals surface area contributed by atoms with E-state index >= 15 is 0 Å². The van der Waals surface area contributed by atoms with Gasteiger partial charge < -0.3 is 10.5 Å². The molecule has 0 spiro atoms. The van der Waals surface area contributed by atoms with Gasteiger partial charge in [0.2, 0.25) is 0 Å². The molecule has 1 aromatic rings. The van der Waals surface area contributed by atoms with E-state index in [9.17, 15) is 0 Å². The monoisotopic (exact) mass is 269 g/mol. The fraction of sp³-hybridized carbons (Fsp3) is 0.500. The van der Waals surface area contributed by atoms with Crippen molar-refractivity contribution in [3.8, 4) is 5.75 Å². The SMILES string of the molecule is NC1(COc2ccc(Br)cc2)CCCC1. The molecule has 0 amide bonds. The van der Waals surface area contributed by atoms with Gasteiger partial charge in [-0.3, -0.25) is 0 Å². The maximum Gasteiger partial charge on any atom is 0.119 e. The maximum atomic E-state index is 6.20. The molecule has 2 rings (SSSR count). The zero-order chi connectivity index (χ0) is 10.7. The highest BCUT2D eigenvalue weighted by atomic mass is 79.9. The Morgan fingerprint density at radius 2 is 1.80 bits per heavy atom. The molecule has 2 N–H and O–H groups in total. The molecule has 0 unspecified atom stereocenters. The quantitative estimate of drug-likeness (QED) is 0.916. The van der Waals surface area contributed by atoms with Crippen molar-refractivity contribution in [2.75, 3.05) is 6.61 Å². The summed E-state index contributed by atoms with van der Waals surface area (Å²) < 4.78 is 6.77. The van der Waals surface area contributed by atoms with E-state index in [1.54, 1.807) is 0 Å². The Balaban J connectivity index is 1.90. The molecule has 0 saturated heterocycles. The average Bonchev–Trinajstić information content (AvgIpc) is 2.65. The molecular weight excluding hydrogens is 254 g/mol. The van der Waals surface area contributed by atoms with Gasteiger partial charge in [0.05, 0.1) is 5.54 Å². The number of ether oxygens (including phenoxy) is 1. The largest absolute Gasteiger partial charge is 0.492 e. The summed E-state index contributed by atoms with van der Waals surface area (Å²) in [6, 6.07) is 7.88. The van der Waals surface area contributed by atoms with Gasteiger partial charge in [0.15, 0.2) is 0 Å². The van der Waals surface area contributed by atoms with Crippen molar-refractivity contribution in [1.82, 2.24) is 0 Å². The molecular formula is C12H16BrNO. The van der Waals surface area contributed by atoms with E-state index in [0.717, 1.165) is 23.1 Å². The van der Waals surface area contributed by atoms with Crippen molar-refractivity contribution in [2.45, 2.75) is 31.2 Å². The molecule has 0 aromatic heterocycles. The molecule has 1 aliphatic rings. The van der Waals surface area contributed by atoms with E-state index in [1.165, 1.54) is 12.8 Å². The normalized spacial score (nSPS) is 19.1. The topological polar surface area (TPSA) is 35.2 Å². The van der Waals surface area contributed by atoms with Crippen LogP contribution in [0.2, 0.25) is 0 Å². The summed E-state index contributed by atoms with van der Waals surface area (Å²) in [5.74, 6) is 0.898. The number of rotatable bonds is 3. The van der Waals surface area contributed by atoms with E-state index in [0.29, 0.717) is 6.61 Å². The summed E-state index contributed by atoms with van der Waals surface area (Å²) in [6.45, 7) is 0.634. The molecule has 2 nitrogen and oxygen atoms in total. The van der Waals surface area contributed by atoms with Crippen molar-refractivity contribution in [3.63, 3.8) is 0 Å². The summed E-state index contributed by atoms with van der Waals surface area (Å²) in [5.41, 5.74) is 6.11. The van der Waals surface area contributed by atoms with Crippen molar-refractivity contribution < 1.29 is 4.74 Å². The van der Waals surface area contributed by atoms with Gasteiger partial charge in [-0.25, -0.2) is 0 Å². The van der Waals surface area contributed by atoms with E-state index in [-0.39, 0.29) is 5.54 Å². The van der Waals surface area contributed by atoms with Crippen LogP contribution in [-0.2, 0) is 0 Å². The minimum absolute atomic E-state index is 0.0902. The molecule has 0 radical (unpaired) electrons. The molecule has 0 heterocycles. The minimum atomic E-state index is -0.0902. The Labute approximate surface area is 98.9 Å². The summed E-state index contributed by atoms with van der Waals surface area (Å²) >= 11 is 3.39. The fourth-order valence-electron chi connectivity index (χ4n) is 1.98. The Kier molecular flexibility index (Phi) is 3.32. The van der Waals surface area contributed by atoms with Gasteiger partial charge >= 0.3 is 0 Å². The zero-order valence-electron chi connectivity index (χ0n) is 8.71. The molecule has 3 heteroatoms. The third-order valence-electron chi connectivity index (χ3n) is 2.94. The number of halogens is 1. The second kappa shape index (κ2) is 4.54. The Morgan fingerprint density at radius 1 is 1.20 bits per heavy atom. The second-order valence-electron chi connectivity index (χ2n) is 4.31. The Bertz CT molecular complexity index is 317. The van der Waals surface area contributed by atoms with Crippen LogP contribution < -0.4 is 10.5 Å². The van der Waals surface area contributed by atoms with Gasteiger partial charge in [0, 0.05) is 4.47 Å². The molecule has 0 bridgehead atoms. The van der Waals surface area contributed by atoms with Crippen molar-refractivity contribution in [1.29, 1.82) is 0 Å². The van der Waals surface area contributed by atoms with Crippen molar-refractivity contribution >= 4 is 15.9 Å². The van der Waals surface area contributed by atoms with Crippen molar-refractivity contribution in [3.05, 3.63) is 28.7 Å². The van der Waals surface area contributed by atoms with Crippen LogP contribution in [0.5, 0.6) is 5.75 Å². The third-order valence-corrected chi connectivity index (χ3v) is 3.47. The Hall–Kier alpha value is -0.540. The molecule has 0 aliphatic heterocycles. The summed E-state index contributed by atoms with van der Waals surface area (Å²) in [7, 11) is 0. The number of hydrogen-bond acceptors (Lipinski definition) is 2. The summed E-state index contributed by atoms with van der Waals surface area (Å²) in [5, 5.41) is 0. The molecule has 15 heavy (non-hydrogen) atoms. The first-order valence-electron chi connectivity index (χ1n) is 5.35. The number of benzene rings is 1. The van der Waals surface area contributed by atoms with Crippen LogP contribution in [-0.4, -0.2) is 12.1 Å². The number of hydrogen-bond donors (Lipinski definition) is 1. The highest BCUT2D eigenvalue weighted by Crippen LogP contribution is 2.28. The van der Waals surface area contributed by atoms with Crippen LogP contribution in [0, 0.1) is 0 Å². The Morgan fingerprint density at radius 3 is 2.40 bits per heavy atom. The molecule has 1 saturated carbocycles. The lowest BCUT2D eigenvalue weighted by Crippen LogP contribution is -2.42. The van der Waals surface area contributed by atoms with Gasteiger partial charge in [0.25, 0.3) is 0 Å². The molecule has 1 aliphatic carbocycles. The van der Waals surface area contributed by atoms with Crippen LogP contribution in [0.15, 0.2) is 28.7 Å². The van der Waals surface area contributed by atoms with Gasteiger partial charge in [-0.2, -0.15) is 0 Å². The fourth-order valence-corrected chi connectivity index (χ4v) is 2.25. The summed E-state index contributed by atoms with van der Waals surface area (Å²) in [4.78, 5) is 0. The average molecular weight is 270 g/mol. The van der Waals surface area contributed by atoms with Gasteiger partial charge in [-0.05, 0) is 37.1 Å². The van der Waals surface area contributed by atoms with E-state index < -0.39 is 0 Å². The van der Waals surface area contributed by atoms with Crippen LogP contribution >= 0.6 is 15.9 Å². The van der Waals surface area contributed by atoms with Crippen molar-refractivity contribution in [2.24, 2.45) is 5.73 Å². The van der Waals surface area contributed by atoms with Crippen LogP contribution in [0.1, 0.15) is 25.7 Å². The predicted molar refractivity (Wildman–Crippen MR) is 65.0 cm³/mol. The lowest BCUT2D eigenvalue weighted by Gasteiger charge is -2.23. The highest BCUT2D eigenvalue weighted by Gasteiger charge is 2.29. The first-order valence-corrected chi connectivity index (χ1v) is 6.15. The van der Waals surface area contributed by atoms with Crippen LogP contribution in [0.25, 0.3) is 0 Å². The molecule has 1 aromatic carbocycles. The van der Waals surface area contributed by atoms with Crippen LogP contribution in [0.4, 0.5) is 0 Å². The van der Waals surface area contributed by atoms with Crippen LogP contribution in [0.3, 0.4) is 0 Å². The minimum Gasteiger partial charge on any atom is -0.492 e. The predicted octanol–water partition coefficient (Wildman–Crippen LogP) is 3.10. The second-order valence-corrected chi connectivity index (χ2v) is 5.23. The van der Waals surface area contributed by atoms with E-state index in [2.05, 4.69) is 15.9 Å². The lowest BCUT2D eigenvalue weighted by molar-refractivity contribution is 0.220. The number of nitrogens with two attached hydrogens (primary N) is 1. The molecule has 82 valence electrons. The highest BCUT2D eigenvalue weighted by molar-refractivity contribution is 9.10. The lowest BCUT2D eigenvalue weighted by atomic mass is 10.0. The van der Waals surface area contributed by atoms with Gasteiger partial charge in [-0.15, -0.1) is 0 Å². The maximum absolute atomic E-state index is 6.20. The molecule has 0 atom stereocenters. The first kappa shape index (κ1) is 11.0. The zero-order valence-corrected chi connectivity index (χ0v) is 10.3. The van der Waals surface area contributed by atoms with E-state index in [4.69, 9.17) is 10.5 Å². The molecule has 1 fully saturated rings. The smallest absolute Gasteiger partial charge is 0.119 e.